The lowest BCUT2D eigenvalue weighted by Gasteiger charge is -2.06. The Morgan fingerprint density at radius 3 is 2.50 bits per heavy atom. The molecular formula is C5H7NO4. The van der Waals surface area contributed by atoms with E-state index in [0.717, 1.165) is 0 Å². The third kappa shape index (κ3) is 1.08. The molecule has 0 aromatic carbocycles. The Kier molecular flexibility index (Phi) is 1.58. The zero-order chi connectivity index (χ0) is 7.72. The minimum atomic E-state index is -1.20. The Labute approximate surface area is 56.7 Å². The lowest BCUT2D eigenvalue weighted by atomic mass is 10.2. The van der Waals surface area contributed by atoms with Gasteiger partial charge in [0.05, 0.1) is 12.5 Å². The van der Waals surface area contributed by atoms with Crippen molar-refractivity contribution in [1.82, 2.24) is 5.32 Å². The second-order valence-corrected chi connectivity index (χ2v) is 2.15. The minimum Gasteiger partial charge on any atom is -0.480 e. The van der Waals surface area contributed by atoms with Gasteiger partial charge in [0.1, 0.15) is 0 Å². The van der Waals surface area contributed by atoms with E-state index in [1.807, 2.05) is 0 Å². The van der Waals surface area contributed by atoms with Crippen molar-refractivity contribution in [3.63, 3.8) is 0 Å². The molecule has 1 amide bonds. The number of carboxylic acid groups (broad SMARTS) is 1. The first-order valence-corrected chi connectivity index (χ1v) is 2.81. The fraction of sp³-hybridized carbons (Fsp3) is 0.600. The number of amides is 1. The van der Waals surface area contributed by atoms with Crippen molar-refractivity contribution >= 4 is 11.9 Å². The van der Waals surface area contributed by atoms with Crippen LogP contribution in [0, 0.1) is 0 Å². The monoisotopic (exact) mass is 145 g/mol. The zero-order valence-corrected chi connectivity index (χ0v) is 5.07. The molecule has 0 spiro atoms. The molecular weight excluding hydrogens is 138 g/mol. The summed E-state index contributed by atoms with van der Waals surface area (Å²) < 4.78 is 0. The molecule has 1 unspecified atom stereocenters. The summed E-state index contributed by atoms with van der Waals surface area (Å²) in [4.78, 5) is 20.6. The van der Waals surface area contributed by atoms with Gasteiger partial charge in [0, 0.05) is 0 Å². The van der Waals surface area contributed by atoms with E-state index < -0.39 is 24.0 Å². The summed E-state index contributed by atoms with van der Waals surface area (Å²) in [5.41, 5.74) is 0. The fourth-order valence-electron chi connectivity index (χ4n) is 0.863. The average Bonchev–Trinajstić information content (AvgIpc) is 2.10. The van der Waals surface area contributed by atoms with E-state index in [2.05, 4.69) is 5.32 Å². The SMILES string of the molecule is O=C1CC(O)[C@@H](C(=O)O)N1. The van der Waals surface area contributed by atoms with Gasteiger partial charge < -0.3 is 15.5 Å². The van der Waals surface area contributed by atoms with E-state index in [4.69, 9.17) is 10.2 Å². The van der Waals surface area contributed by atoms with Crippen LogP contribution in [0.3, 0.4) is 0 Å². The Morgan fingerprint density at radius 1 is 1.70 bits per heavy atom. The summed E-state index contributed by atoms with van der Waals surface area (Å²) >= 11 is 0. The van der Waals surface area contributed by atoms with Gasteiger partial charge in [-0.15, -0.1) is 0 Å². The molecule has 0 saturated carbocycles. The molecule has 10 heavy (non-hydrogen) atoms. The van der Waals surface area contributed by atoms with Crippen molar-refractivity contribution in [1.29, 1.82) is 0 Å². The molecule has 56 valence electrons. The molecule has 0 aromatic heterocycles. The molecule has 1 rings (SSSR count). The van der Waals surface area contributed by atoms with E-state index in [0.29, 0.717) is 0 Å². The Balaban J connectivity index is 2.63. The number of aliphatic carboxylic acids is 1. The maximum absolute atomic E-state index is 10.4. The van der Waals surface area contributed by atoms with Crippen LogP contribution < -0.4 is 5.32 Å². The van der Waals surface area contributed by atoms with Crippen LogP contribution in [-0.2, 0) is 9.59 Å². The number of hydrogen-bond acceptors (Lipinski definition) is 3. The van der Waals surface area contributed by atoms with E-state index in [9.17, 15) is 9.59 Å². The van der Waals surface area contributed by atoms with Crippen LogP contribution in [0.2, 0.25) is 0 Å². The number of rotatable bonds is 1. The number of aliphatic hydroxyl groups excluding tert-OH is 1. The molecule has 5 nitrogen and oxygen atoms in total. The summed E-state index contributed by atoms with van der Waals surface area (Å²) in [7, 11) is 0. The van der Waals surface area contributed by atoms with E-state index in [1.165, 1.54) is 0 Å². The van der Waals surface area contributed by atoms with Gasteiger partial charge in [0.25, 0.3) is 0 Å². The predicted molar refractivity (Wildman–Crippen MR) is 30.2 cm³/mol. The number of aliphatic hydroxyl groups is 1. The summed E-state index contributed by atoms with van der Waals surface area (Å²) in [6.07, 6.45) is -1.19. The van der Waals surface area contributed by atoms with Crippen molar-refractivity contribution in [3.8, 4) is 0 Å². The Bertz CT molecular complexity index is 178. The molecule has 0 aliphatic carbocycles. The summed E-state index contributed by atoms with van der Waals surface area (Å²) in [6, 6.07) is -1.12. The third-order valence-corrected chi connectivity index (χ3v) is 1.36. The summed E-state index contributed by atoms with van der Waals surface area (Å²) in [5, 5.41) is 19.3. The van der Waals surface area contributed by atoms with Crippen LogP contribution in [0.1, 0.15) is 6.42 Å². The molecule has 5 heteroatoms. The Morgan fingerprint density at radius 2 is 2.30 bits per heavy atom. The second kappa shape index (κ2) is 2.26. The van der Waals surface area contributed by atoms with Gasteiger partial charge in [0.2, 0.25) is 5.91 Å². The van der Waals surface area contributed by atoms with Crippen molar-refractivity contribution in [2.45, 2.75) is 18.6 Å². The van der Waals surface area contributed by atoms with Crippen LogP contribution in [-0.4, -0.2) is 34.2 Å². The quantitative estimate of drug-likeness (QED) is 0.411. The maximum Gasteiger partial charge on any atom is 0.328 e. The topological polar surface area (TPSA) is 86.6 Å². The van der Waals surface area contributed by atoms with Gasteiger partial charge in [-0.05, 0) is 0 Å². The summed E-state index contributed by atoms with van der Waals surface area (Å²) in [5.74, 6) is -1.61. The highest BCUT2D eigenvalue weighted by Crippen LogP contribution is 2.07. The van der Waals surface area contributed by atoms with Gasteiger partial charge in [-0.2, -0.15) is 0 Å². The average molecular weight is 145 g/mol. The molecule has 1 saturated heterocycles. The van der Waals surface area contributed by atoms with Crippen LogP contribution in [0.5, 0.6) is 0 Å². The largest absolute Gasteiger partial charge is 0.480 e. The predicted octanol–water partition coefficient (Wildman–Crippen LogP) is -1.68. The van der Waals surface area contributed by atoms with Crippen molar-refractivity contribution < 1.29 is 19.8 Å². The minimum absolute atomic E-state index is 0.114. The van der Waals surface area contributed by atoms with Crippen molar-refractivity contribution in [2.75, 3.05) is 0 Å². The van der Waals surface area contributed by atoms with Crippen LogP contribution in [0.4, 0.5) is 0 Å². The maximum atomic E-state index is 10.4. The highest BCUT2D eigenvalue weighted by molar-refractivity contribution is 5.88. The van der Waals surface area contributed by atoms with Gasteiger partial charge in [-0.25, -0.2) is 4.79 Å². The number of carbonyl (C=O) groups excluding carboxylic acids is 1. The van der Waals surface area contributed by atoms with Crippen LogP contribution >= 0.6 is 0 Å². The number of carbonyl (C=O) groups is 2. The van der Waals surface area contributed by atoms with Crippen LogP contribution in [0.25, 0.3) is 0 Å². The highest BCUT2D eigenvalue weighted by atomic mass is 16.4. The third-order valence-electron chi connectivity index (χ3n) is 1.36. The molecule has 1 aliphatic rings. The standard InChI is InChI=1S/C5H7NO4/c7-2-1-3(8)6-4(2)5(9)10/h2,4,7H,1H2,(H,6,8)(H,9,10)/t2?,4-/m0/s1. The normalized spacial score (nSPS) is 31.9. The Hall–Kier alpha value is -1.10. The lowest BCUT2D eigenvalue weighted by Crippen LogP contribution is -2.39. The molecule has 0 bridgehead atoms. The molecule has 0 aromatic rings. The van der Waals surface area contributed by atoms with Crippen molar-refractivity contribution in [3.05, 3.63) is 0 Å². The fourth-order valence-corrected chi connectivity index (χ4v) is 0.863. The number of hydrogen-bond donors (Lipinski definition) is 3. The second-order valence-electron chi connectivity index (χ2n) is 2.15. The molecule has 1 fully saturated rings. The molecule has 3 N–H and O–H groups in total. The molecule has 1 aliphatic heterocycles. The van der Waals surface area contributed by atoms with E-state index in [-0.39, 0.29) is 6.42 Å². The highest BCUT2D eigenvalue weighted by Gasteiger charge is 2.35. The smallest absolute Gasteiger partial charge is 0.328 e. The van der Waals surface area contributed by atoms with Gasteiger partial charge in [0.15, 0.2) is 6.04 Å². The van der Waals surface area contributed by atoms with Crippen molar-refractivity contribution in [2.24, 2.45) is 0 Å². The molecule has 0 radical (unpaired) electrons. The van der Waals surface area contributed by atoms with Gasteiger partial charge >= 0.3 is 5.97 Å². The van der Waals surface area contributed by atoms with Crippen LogP contribution in [0.15, 0.2) is 0 Å². The number of carboxylic acids is 1. The van der Waals surface area contributed by atoms with E-state index in [1.54, 1.807) is 0 Å². The summed E-state index contributed by atoms with van der Waals surface area (Å²) in [6.45, 7) is 0. The molecule has 1 heterocycles. The lowest BCUT2D eigenvalue weighted by molar-refractivity contribution is -0.141. The van der Waals surface area contributed by atoms with Gasteiger partial charge in [-0.1, -0.05) is 0 Å². The van der Waals surface area contributed by atoms with Gasteiger partial charge in [-0.3, -0.25) is 4.79 Å². The first-order chi connectivity index (χ1) is 4.61. The van der Waals surface area contributed by atoms with E-state index >= 15 is 0 Å². The zero-order valence-electron chi connectivity index (χ0n) is 5.07. The first-order valence-electron chi connectivity index (χ1n) is 2.81. The first kappa shape index (κ1) is 7.01. The molecule has 2 atom stereocenters. The number of nitrogens with one attached hydrogen (secondary N) is 1.